The Bertz CT molecular complexity index is 344. The molecular weight excluding hydrogens is 267 g/mol. The first-order valence-corrected chi connectivity index (χ1v) is 5.20. The highest BCUT2D eigenvalue weighted by Crippen LogP contribution is 2.25. The number of benzene rings is 1. The van der Waals surface area contributed by atoms with Gasteiger partial charge in [-0.05, 0) is 18.2 Å². The van der Waals surface area contributed by atoms with E-state index in [-0.39, 0.29) is 12.5 Å². The Labute approximate surface area is 96.0 Å². The van der Waals surface area contributed by atoms with Crippen LogP contribution in [0, 0.1) is 0 Å². The summed E-state index contributed by atoms with van der Waals surface area (Å²) in [5, 5.41) is 6.04. The van der Waals surface area contributed by atoms with E-state index in [0.29, 0.717) is 5.02 Å². The smallest absolute Gasteiger partial charge is 0.239 e. The summed E-state index contributed by atoms with van der Waals surface area (Å²) < 4.78 is 0.918. The Balaban J connectivity index is 2.66. The van der Waals surface area contributed by atoms with Gasteiger partial charge in [0, 0.05) is 11.5 Å². The molecule has 0 heterocycles. The molecule has 1 aromatic rings. The van der Waals surface area contributed by atoms with Crippen LogP contribution in [-0.4, -0.2) is 19.5 Å². The molecule has 0 unspecified atom stereocenters. The lowest BCUT2D eigenvalue weighted by atomic mass is 10.3. The summed E-state index contributed by atoms with van der Waals surface area (Å²) in [4.78, 5) is 11.0. The summed E-state index contributed by atoms with van der Waals surface area (Å²) in [6, 6.07) is 5.43. The minimum absolute atomic E-state index is 0.0824. The van der Waals surface area contributed by atoms with Gasteiger partial charge in [0.15, 0.2) is 0 Å². The van der Waals surface area contributed by atoms with Gasteiger partial charge in [-0.2, -0.15) is 0 Å². The van der Waals surface area contributed by atoms with Crippen LogP contribution in [0.5, 0.6) is 0 Å². The maximum atomic E-state index is 11.0. The summed E-state index contributed by atoms with van der Waals surface area (Å²) in [5.74, 6) is -0.0824. The molecule has 0 atom stereocenters. The lowest BCUT2D eigenvalue weighted by Gasteiger charge is -2.07. The Kier molecular flexibility index (Phi) is 4.22. The van der Waals surface area contributed by atoms with Crippen LogP contribution in [0.25, 0.3) is 0 Å². The molecular formula is C9H10BrClN2O. The van der Waals surface area contributed by atoms with E-state index < -0.39 is 0 Å². The van der Waals surface area contributed by atoms with E-state index in [4.69, 9.17) is 11.6 Å². The third-order valence-corrected chi connectivity index (χ3v) is 2.47. The van der Waals surface area contributed by atoms with Gasteiger partial charge in [-0.3, -0.25) is 4.79 Å². The Morgan fingerprint density at radius 2 is 2.29 bits per heavy atom. The van der Waals surface area contributed by atoms with Crippen molar-refractivity contribution >= 4 is 39.1 Å². The highest BCUT2D eigenvalue weighted by atomic mass is 79.9. The van der Waals surface area contributed by atoms with Gasteiger partial charge in [0.25, 0.3) is 0 Å². The molecule has 5 heteroatoms. The second kappa shape index (κ2) is 5.22. The van der Waals surface area contributed by atoms with Crippen molar-refractivity contribution in [2.75, 3.05) is 18.9 Å². The molecule has 1 rings (SSSR count). The first kappa shape index (κ1) is 11.3. The number of halogens is 2. The van der Waals surface area contributed by atoms with Crippen LogP contribution in [0.2, 0.25) is 5.02 Å². The number of anilines is 1. The van der Waals surface area contributed by atoms with E-state index >= 15 is 0 Å². The van der Waals surface area contributed by atoms with Gasteiger partial charge < -0.3 is 10.6 Å². The lowest BCUT2D eigenvalue weighted by Crippen LogP contribution is -2.26. The molecule has 0 spiro atoms. The van der Waals surface area contributed by atoms with E-state index in [1.165, 1.54) is 0 Å². The van der Waals surface area contributed by atoms with Crippen molar-refractivity contribution in [1.29, 1.82) is 0 Å². The van der Waals surface area contributed by atoms with E-state index in [1.807, 2.05) is 12.1 Å². The summed E-state index contributed by atoms with van der Waals surface area (Å²) in [5.41, 5.74) is 0.740. The predicted molar refractivity (Wildman–Crippen MR) is 61.7 cm³/mol. The summed E-state index contributed by atoms with van der Waals surface area (Å²) in [6.45, 7) is 0.215. The molecule has 0 radical (unpaired) electrons. The van der Waals surface area contributed by atoms with Crippen LogP contribution in [-0.2, 0) is 4.79 Å². The zero-order valence-corrected chi connectivity index (χ0v) is 9.95. The first-order chi connectivity index (χ1) is 6.63. The van der Waals surface area contributed by atoms with Crippen molar-refractivity contribution in [3.63, 3.8) is 0 Å². The van der Waals surface area contributed by atoms with Gasteiger partial charge in [0.1, 0.15) is 0 Å². The van der Waals surface area contributed by atoms with E-state index in [0.717, 1.165) is 10.2 Å². The average molecular weight is 278 g/mol. The molecule has 2 N–H and O–H groups in total. The van der Waals surface area contributed by atoms with Crippen molar-refractivity contribution in [2.24, 2.45) is 0 Å². The number of nitrogens with one attached hydrogen (secondary N) is 2. The van der Waals surface area contributed by atoms with Gasteiger partial charge in [-0.15, -0.1) is 0 Å². The predicted octanol–water partition coefficient (Wildman–Crippen LogP) is 2.26. The van der Waals surface area contributed by atoms with Crippen molar-refractivity contribution in [2.45, 2.75) is 0 Å². The molecule has 0 saturated carbocycles. The van der Waals surface area contributed by atoms with Gasteiger partial charge in [0.2, 0.25) is 5.91 Å². The number of carbonyl (C=O) groups excluding carboxylic acids is 1. The quantitative estimate of drug-likeness (QED) is 0.890. The zero-order chi connectivity index (χ0) is 10.6. The summed E-state index contributed by atoms with van der Waals surface area (Å²) in [6.07, 6.45) is 0. The minimum Gasteiger partial charge on any atom is -0.375 e. The van der Waals surface area contributed by atoms with Crippen molar-refractivity contribution in [3.05, 3.63) is 27.7 Å². The Morgan fingerprint density at radius 3 is 2.93 bits per heavy atom. The fourth-order valence-corrected chi connectivity index (χ4v) is 1.44. The molecule has 1 amide bonds. The molecule has 0 aliphatic heterocycles. The molecule has 0 aliphatic carbocycles. The molecule has 0 aliphatic rings. The van der Waals surface area contributed by atoms with E-state index in [2.05, 4.69) is 26.6 Å². The first-order valence-electron chi connectivity index (χ1n) is 4.03. The van der Waals surface area contributed by atoms with Gasteiger partial charge >= 0.3 is 0 Å². The van der Waals surface area contributed by atoms with Crippen LogP contribution in [0.1, 0.15) is 0 Å². The second-order valence-corrected chi connectivity index (χ2v) is 3.97. The SMILES string of the molecule is CNC(=O)CNc1cc(Br)ccc1Cl. The van der Waals surface area contributed by atoms with E-state index in [9.17, 15) is 4.79 Å². The number of amides is 1. The molecule has 0 bridgehead atoms. The number of hydrogen-bond donors (Lipinski definition) is 2. The molecule has 0 saturated heterocycles. The zero-order valence-electron chi connectivity index (χ0n) is 7.60. The number of carbonyl (C=O) groups is 1. The molecule has 76 valence electrons. The fourth-order valence-electron chi connectivity index (χ4n) is 0.897. The number of rotatable bonds is 3. The summed E-state index contributed by atoms with van der Waals surface area (Å²) in [7, 11) is 1.59. The van der Waals surface area contributed by atoms with Crippen LogP contribution < -0.4 is 10.6 Å². The molecule has 1 aromatic carbocycles. The molecule has 0 fully saturated rings. The standard InChI is InChI=1S/C9H10BrClN2O/c1-12-9(14)5-13-8-4-6(10)2-3-7(8)11/h2-4,13H,5H2,1H3,(H,12,14). The van der Waals surface area contributed by atoms with Gasteiger partial charge in [-0.25, -0.2) is 0 Å². The summed E-state index contributed by atoms with van der Waals surface area (Å²) >= 11 is 9.23. The Morgan fingerprint density at radius 1 is 1.57 bits per heavy atom. The molecule has 3 nitrogen and oxygen atoms in total. The minimum atomic E-state index is -0.0824. The van der Waals surface area contributed by atoms with E-state index in [1.54, 1.807) is 13.1 Å². The lowest BCUT2D eigenvalue weighted by molar-refractivity contribution is -0.118. The van der Waals surface area contributed by atoms with Crippen LogP contribution in [0.15, 0.2) is 22.7 Å². The monoisotopic (exact) mass is 276 g/mol. The van der Waals surface area contributed by atoms with Crippen LogP contribution in [0.3, 0.4) is 0 Å². The third kappa shape index (κ3) is 3.20. The maximum absolute atomic E-state index is 11.0. The van der Waals surface area contributed by atoms with Gasteiger partial charge in [0.05, 0.1) is 17.3 Å². The van der Waals surface area contributed by atoms with Crippen LogP contribution in [0.4, 0.5) is 5.69 Å². The molecule has 14 heavy (non-hydrogen) atoms. The number of hydrogen-bond acceptors (Lipinski definition) is 2. The largest absolute Gasteiger partial charge is 0.375 e. The third-order valence-electron chi connectivity index (χ3n) is 1.65. The topological polar surface area (TPSA) is 41.1 Å². The highest BCUT2D eigenvalue weighted by Gasteiger charge is 2.02. The van der Waals surface area contributed by atoms with Crippen molar-refractivity contribution in [3.8, 4) is 0 Å². The highest BCUT2D eigenvalue weighted by molar-refractivity contribution is 9.10. The van der Waals surface area contributed by atoms with Gasteiger partial charge in [-0.1, -0.05) is 27.5 Å². The second-order valence-electron chi connectivity index (χ2n) is 2.65. The molecule has 0 aromatic heterocycles. The van der Waals surface area contributed by atoms with Crippen molar-refractivity contribution < 1.29 is 4.79 Å². The normalized spacial score (nSPS) is 9.64. The fraction of sp³-hybridized carbons (Fsp3) is 0.222. The maximum Gasteiger partial charge on any atom is 0.239 e. The van der Waals surface area contributed by atoms with Crippen molar-refractivity contribution in [1.82, 2.24) is 5.32 Å². The average Bonchev–Trinajstić information content (AvgIpc) is 2.19. The number of likely N-dealkylation sites (N-methyl/N-ethyl adjacent to an activating group) is 1. The van der Waals surface area contributed by atoms with Crippen LogP contribution >= 0.6 is 27.5 Å². The Hall–Kier alpha value is -0.740.